The average Bonchev–Trinajstić information content (AvgIpc) is 3.15. The molecule has 4 rings (SSSR count). The lowest BCUT2D eigenvalue weighted by Gasteiger charge is -2.55. The molecule has 0 aromatic heterocycles. The number of rotatable bonds is 5. The van der Waals surface area contributed by atoms with Crippen molar-refractivity contribution in [1.29, 1.82) is 0 Å². The van der Waals surface area contributed by atoms with E-state index in [0.717, 1.165) is 31.4 Å². The van der Waals surface area contributed by atoms with Crippen LogP contribution in [0.3, 0.4) is 0 Å². The summed E-state index contributed by atoms with van der Waals surface area (Å²) in [7, 11) is 0. The second kappa shape index (κ2) is 8.05. The number of nitrogens with one attached hydrogen (secondary N) is 2. The molecule has 1 aromatic rings. The second-order valence-corrected chi connectivity index (χ2v) is 8.45. The van der Waals surface area contributed by atoms with Gasteiger partial charge in [-0.05, 0) is 37.7 Å². The molecule has 0 amide bonds. The van der Waals surface area contributed by atoms with Crippen LogP contribution in [0.25, 0.3) is 0 Å². The maximum absolute atomic E-state index is 5.92. The number of ether oxygens (including phenoxy) is 1. The first-order valence-corrected chi connectivity index (χ1v) is 9.82. The summed E-state index contributed by atoms with van der Waals surface area (Å²) in [5.41, 5.74) is 1.62. The van der Waals surface area contributed by atoms with Crippen molar-refractivity contribution in [2.75, 3.05) is 13.2 Å². The number of fused-ring (bicyclic) bond motifs is 1. The Kier molecular flexibility index (Phi) is 6.17. The number of hydrogen-bond donors (Lipinski definition) is 2. The maximum Gasteiger partial charge on any atom is 0.191 e. The van der Waals surface area contributed by atoms with Crippen molar-refractivity contribution in [1.82, 2.24) is 10.6 Å². The molecule has 3 fully saturated rings. The highest BCUT2D eigenvalue weighted by molar-refractivity contribution is 14.0. The van der Waals surface area contributed by atoms with Gasteiger partial charge in [-0.1, -0.05) is 44.2 Å². The lowest BCUT2D eigenvalue weighted by molar-refractivity contribution is -0.106. The van der Waals surface area contributed by atoms with Crippen LogP contribution in [0.5, 0.6) is 0 Å². The highest BCUT2D eigenvalue weighted by Crippen LogP contribution is 2.52. The Morgan fingerprint density at radius 1 is 1.23 bits per heavy atom. The third-order valence-electron chi connectivity index (χ3n) is 6.29. The van der Waals surface area contributed by atoms with Crippen LogP contribution in [-0.2, 0) is 11.2 Å². The third kappa shape index (κ3) is 3.88. The Hall–Kier alpha value is -0.820. The van der Waals surface area contributed by atoms with Crippen molar-refractivity contribution >= 4 is 29.9 Å². The lowest BCUT2D eigenvalue weighted by atomic mass is 9.57. The predicted molar refractivity (Wildman–Crippen MR) is 117 cm³/mol. The van der Waals surface area contributed by atoms with Gasteiger partial charge in [0.15, 0.2) is 5.96 Å². The smallest absolute Gasteiger partial charge is 0.191 e. The first-order chi connectivity index (χ1) is 12.1. The van der Waals surface area contributed by atoms with E-state index in [1.54, 1.807) is 0 Å². The first-order valence-electron chi connectivity index (χ1n) is 9.82. The van der Waals surface area contributed by atoms with Gasteiger partial charge in [0.2, 0.25) is 0 Å². The van der Waals surface area contributed by atoms with E-state index in [2.05, 4.69) is 61.7 Å². The Labute approximate surface area is 174 Å². The monoisotopic (exact) mass is 469 g/mol. The molecule has 0 radical (unpaired) electrons. The molecule has 144 valence electrons. The lowest BCUT2D eigenvalue weighted by Crippen LogP contribution is -2.68. The SMILES string of the molecule is CCN=C(NC1CC1Cc1ccccc1)NC1C2CCOC2C1(C)C.I. The molecule has 1 saturated heterocycles. The molecule has 26 heavy (non-hydrogen) atoms. The summed E-state index contributed by atoms with van der Waals surface area (Å²) in [6.07, 6.45) is 3.98. The van der Waals surface area contributed by atoms with Gasteiger partial charge in [-0.15, -0.1) is 24.0 Å². The highest BCUT2D eigenvalue weighted by atomic mass is 127. The fraction of sp³-hybridized carbons (Fsp3) is 0.667. The van der Waals surface area contributed by atoms with E-state index in [9.17, 15) is 0 Å². The summed E-state index contributed by atoms with van der Waals surface area (Å²) in [4.78, 5) is 4.70. The molecule has 2 aliphatic carbocycles. The molecule has 5 atom stereocenters. The second-order valence-electron chi connectivity index (χ2n) is 8.45. The van der Waals surface area contributed by atoms with E-state index < -0.39 is 0 Å². The zero-order valence-corrected chi connectivity index (χ0v) is 18.4. The van der Waals surface area contributed by atoms with E-state index in [0.29, 0.717) is 24.1 Å². The van der Waals surface area contributed by atoms with Crippen LogP contribution in [0.1, 0.15) is 39.2 Å². The van der Waals surface area contributed by atoms with Crippen LogP contribution in [0.15, 0.2) is 35.3 Å². The van der Waals surface area contributed by atoms with Crippen molar-refractivity contribution in [3.05, 3.63) is 35.9 Å². The molecule has 0 spiro atoms. The van der Waals surface area contributed by atoms with Crippen molar-refractivity contribution in [2.45, 2.75) is 58.2 Å². The Balaban J connectivity index is 0.00000196. The summed E-state index contributed by atoms with van der Waals surface area (Å²) >= 11 is 0. The Bertz CT molecular complexity index is 633. The molecule has 1 heterocycles. The molecular formula is C21H32IN3O. The number of nitrogens with zero attached hydrogens (tertiary/aromatic N) is 1. The van der Waals surface area contributed by atoms with Crippen LogP contribution < -0.4 is 10.6 Å². The minimum atomic E-state index is 0. The van der Waals surface area contributed by atoms with Crippen LogP contribution in [0, 0.1) is 17.3 Å². The molecule has 1 aliphatic heterocycles. The van der Waals surface area contributed by atoms with E-state index in [4.69, 9.17) is 9.73 Å². The summed E-state index contributed by atoms with van der Waals surface area (Å²) in [6.45, 7) is 8.45. The normalized spacial score (nSPS) is 34.3. The van der Waals surface area contributed by atoms with Crippen LogP contribution in [0.2, 0.25) is 0 Å². The number of benzene rings is 1. The summed E-state index contributed by atoms with van der Waals surface area (Å²) in [5, 5.41) is 7.41. The van der Waals surface area contributed by atoms with Gasteiger partial charge in [0.1, 0.15) is 0 Å². The van der Waals surface area contributed by atoms with Gasteiger partial charge < -0.3 is 15.4 Å². The van der Waals surface area contributed by atoms with Gasteiger partial charge in [0.05, 0.1) is 6.10 Å². The van der Waals surface area contributed by atoms with Crippen LogP contribution in [-0.4, -0.2) is 37.3 Å². The Morgan fingerprint density at radius 2 is 2.00 bits per heavy atom. The number of aliphatic imine (C=N–C) groups is 1. The van der Waals surface area contributed by atoms with Crippen molar-refractivity contribution in [3.8, 4) is 0 Å². The molecule has 1 aromatic carbocycles. The zero-order valence-electron chi connectivity index (χ0n) is 16.1. The first kappa shape index (κ1) is 19.9. The molecule has 3 aliphatic rings. The molecule has 5 unspecified atom stereocenters. The quantitative estimate of drug-likeness (QED) is 0.394. The number of hydrogen-bond acceptors (Lipinski definition) is 2. The summed E-state index contributed by atoms with van der Waals surface area (Å²) in [5.74, 6) is 2.35. The molecule has 2 saturated carbocycles. The molecule has 2 N–H and O–H groups in total. The minimum absolute atomic E-state index is 0. The van der Waals surface area contributed by atoms with E-state index >= 15 is 0 Å². The fourth-order valence-electron chi connectivity index (χ4n) is 4.80. The van der Waals surface area contributed by atoms with Crippen molar-refractivity contribution < 1.29 is 4.74 Å². The highest BCUT2D eigenvalue weighted by Gasteiger charge is 2.59. The third-order valence-corrected chi connectivity index (χ3v) is 6.29. The van der Waals surface area contributed by atoms with Gasteiger partial charge in [0, 0.05) is 36.6 Å². The Morgan fingerprint density at radius 3 is 2.73 bits per heavy atom. The maximum atomic E-state index is 5.92. The van der Waals surface area contributed by atoms with Gasteiger partial charge in [-0.25, -0.2) is 0 Å². The summed E-state index contributed by atoms with van der Waals surface area (Å²) in [6, 6.07) is 11.8. The van der Waals surface area contributed by atoms with Crippen LogP contribution in [0.4, 0.5) is 0 Å². The van der Waals surface area contributed by atoms with E-state index in [1.807, 2.05) is 0 Å². The van der Waals surface area contributed by atoms with Gasteiger partial charge >= 0.3 is 0 Å². The molecule has 0 bridgehead atoms. The molecule has 5 heteroatoms. The molecule has 4 nitrogen and oxygen atoms in total. The van der Waals surface area contributed by atoms with E-state index in [-0.39, 0.29) is 29.4 Å². The van der Waals surface area contributed by atoms with Gasteiger partial charge in [0.25, 0.3) is 0 Å². The largest absolute Gasteiger partial charge is 0.377 e. The standard InChI is InChI=1S/C21H31N3O.HI/c1-4-22-20(24-18-16-10-11-25-19(16)21(18,2)3)23-17-13-15(17)12-14-8-6-5-7-9-14;/h5-9,15-19H,4,10-13H2,1-3H3,(H2,22,23,24);1H. The van der Waals surface area contributed by atoms with Crippen LogP contribution >= 0.6 is 24.0 Å². The number of guanidine groups is 1. The zero-order chi connectivity index (χ0) is 17.4. The van der Waals surface area contributed by atoms with Gasteiger partial charge in [-0.3, -0.25) is 4.99 Å². The topological polar surface area (TPSA) is 45.7 Å². The fourth-order valence-corrected chi connectivity index (χ4v) is 4.80. The van der Waals surface area contributed by atoms with Gasteiger partial charge in [-0.2, -0.15) is 0 Å². The van der Waals surface area contributed by atoms with E-state index in [1.165, 1.54) is 18.4 Å². The molecular weight excluding hydrogens is 437 g/mol. The number of halogens is 1. The predicted octanol–water partition coefficient (Wildman–Crippen LogP) is 3.60. The minimum Gasteiger partial charge on any atom is -0.377 e. The summed E-state index contributed by atoms with van der Waals surface area (Å²) < 4.78 is 5.92. The average molecular weight is 469 g/mol. The van der Waals surface area contributed by atoms with Crippen molar-refractivity contribution in [2.24, 2.45) is 22.2 Å². The van der Waals surface area contributed by atoms with Crippen molar-refractivity contribution in [3.63, 3.8) is 0 Å².